The van der Waals surface area contributed by atoms with Crippen LogP contribution in [-0.4, -0.2) is 48.0 Å². The standard InChI is InChI=1S/C27H29N3O4/c1-33-16-23(14-25-26(31)27(32)30-18-29-25)22-10-8-20(9-11-22)3-2-19-4-6-21(7-5-19)15-28-24-12-13-34-17-24/h4-11,18,23-24,28,31H,12-17H2,1H3,(H,29,30,32)/t23?,24-/m0/s1. The van der Waals surface area contributed by atoms with E-state index in [2.05, 4.69) is 39.3 Å². The second-order valence-electron chi connectivity index (χ2n) is 8.39. The molecule has 1 saturated heterocycles. The van der Waals surface area contributed by atoms with Crippen LogP contribution in [0.25, 0.3) is 0 Å². The molecule has 2 heterocycles. The van der Waals surface area contributed by atoms with E-state index in [1.165, 1.54) is 11.9 Å². The number of aromatic amines is 1. The fraction of sp³-hybridized carbons (Fsp3) is 0.333. The van der Waals surface area contributed by atoms with Gasteiger partial charge in [0.25, 0.3) is 5.56 Å². The Morgan fingerprint density at radius 3 is 2.53 bits per heavy atom. The van der Waals surface area contributed by atoms with Gasteiger partial charge in [0.05, 0.1) is 25.2 Å². The van der Waals surface area contributed by atoms with Crippen LogP contribution in [0.5, 0.6) is 5.75 Å². The Morgan fingerprint density at radius 1 is 1.18 bits per heavy atom. The lowest BCUT2D eigenvalue weighted by Crippen LogP contribution is -2.28. The molecule has 1 fully saturated rings. The van der Waals surface area contributed by atoms with Crippen molar-refractivity contribution in [2.75, 3.05) is 26.9 Å². The number of hydrogen-bond acceptors (Lipinski definition) is 6. The number of methoxy groups -OCH3 is 1. The molecule has 3 aromatic rings. The summed E-state index contributed by atoms with van der Waals surface area (Å²) in [4.78, 5) is 18.1. The van der Waals surface area contributed by atoms with E-state index >= 15 is 0 Å². The summed E-state index contributed by atoms with van der Waals surface area (Å²) in [5, 5.41) is 13.5. The highest BCUT2D eigenvalue weighted by Crippen LogP contribution is 2.23. The molecule has 0 radical (unpaired) electrons. The number of aromatic nitrogens is 2. The number of rotatable bonds is 8. The van der Waals surface area contributed by atoms with Crippen LogP contribution in [0.4, 0.5) is 0 Å². The van der Waals surface area contributed by atoms with Gasteiger partial charge in [-0.2, -0.15) is 0 Å². The highest BCUT2D eigenvalue weighted by molar-refractivity contribution is 5.44. The first-order valence-corrected chi connectivity index (χ1v) is 11.4. The van der Waals surface area contributed by atoms with Crippen molar-refractivity contribution >= 4 is 0 Å². The van der Waals surface area contributed by atoms with Crippen molar-refractivity contribution in [3.05, 3.63) is 93.2 Å². The van der Waals surface area contributed by atoms with Gasteiger partial charge < -0.3 is 24.9 Å². The van der Waals surface area contributed by atoms with Gasteiger partial charge in [0, 0.05) is 49.8 Å². The Kier molecular flexibility index (Phi) is 8.10. The van der Waals surface area contributed by atoms with Crippen LogP contribution in [-0.2, 0) is 22.4 Å². The van der Waals surface area contributed by atoms with E-state index in [0.29, 0.717) is 24.8 Å². The molecule has 3 N–H and O–H groups in total. The molecule has 0 aliphatic carbocycles. The Labute approximate surface area is 199 Å². The quantitative estimate of drug-likeness (QED) is 0.448. The predicted molar refractivity (Wildman–Crippen MR) is 130 cm³/mol. The lowest BCUT2D eigenvalue weighted by atomic mass is 9.93. The highest BCUT2D eigenvalue weighted by Gasteiger charge is 2.17. The van der Waals surface area contributed by atoms with Gasteiger partial charge in [-0.05, 0) is 41.8 Å². The summed E-state index contributed by atoms with van der Waals surface area (Å²) in [7, 11) is 1.63. The molecule has 0 amide bonds. The monoisotopic (exact) mass is 459 g/mol. The summed E-state index contributed by atoms with van der Waals surface area (Å²) in [5.41, 5.74) is 3.93. The fourth-order valence-electron chi connectivity index (χ4n) is 3.93. The van der Waals surface area contributed by atoms with Crippen LogP contribution in [0, 0.1) is 11.8 Å². The maximum Gasteiger partial charge on any atom is 0.293 e. The van der Waals surface area contributed by atoms with Crippen molar-refractivity contribution in [3.63, 3.8) is 0 Å². The van der Waals surface area contributed by atoms with Gasteiger partial charge in [-0.15, -0.1) is 0 Å². The fourth-order valence-corrected chi connectivity index (χ4v) is 3.93. The second-order valence-corrected chi connectivity index (χ2v) is 8.39. The van der Waals surface area contributed by atoms with E-state index < -0.39 is 5.56 Å². The van der Waals surface area contributed by atoms with Gasteiger partial charge in [-0.1, -0.05) is 36.1 Å². The smallest absolute Gasteiger partial charge is 0.293 e. The molecule has 1 aliphatic rings. The molecular weight excluding hydrogens is 430 g/mol. The molecule has 0 bridgehead atoms. The third kappa shape index (κ3) is 6.33. The Balaban J connectivity index is 1.39. The number of ether oxygens (including phenoxy) is 2. The normalized spacial score (nSPS) is 16.1. The first kappa shape index (κ1) is 23.7. The van der Waals surface area contributed by atoms with Crippen molar-refractivity contribution in [2.24, 2.45) is 0 Å². The average Bonchev–Trinajstić information content (AvgIpc) is 3.39. The van der Waals surface area contributed by atoms with E-state index in [-0.39, 0.29) is 11.7 Å². The van der Waals surface area contributed by atoms with E-state index in [1.54, 1.807) is 7.11 Å². The number of benzene rings is 2. The topological polar surface area (TPSA) is 96.5 Å². The first-order valence-electron chi connectivity index (χ1n) is 11.4. The van der Waals surface area contributed by atoms with Crippen LogP contribution in [0.15, 0.2) is 59.7 Å². The van der Waals surface area contributed by atoms with Gasteiger partial charge in [0.2, 0.25) is 5.75 Å². The third-order valence-electron chi connectivity index (χ3n) is 5.92. The molecule has 34 heavy (non-hydrogen) atoms. The minimum Gasteiger partial charge on any atom is -0.502 e. The summed E-state index contributed by atoms with van der Waals surface area (Å²) in [6.45, 7) is 2.90. The zero-order valence-corrected chi connectivity index (χ0v) is 19.2. The number of aromatic hydroxyl groups is 1. The molecule has 1 aromatic heterocycles. The maximum absolute atomic E-state index is 11.7. The minimum absolute atomic E-state index is 0.0517. The van der Waals surface area contributed by atoms with Crippen LogP contribution < -0.4 is 10.9 Å². The number of H-pyrrole nitrogens is 1. The largest absolute Gasteiger partial charge is 0.502 e. The first-order chi connectivity index (χ1) is 16.6. The van der Waals surface area contributed by atoms with Crippen molar-refractivity contribution in [3.8, 4) is 17.6 Å². The van der Waals surface area contributed by atoms with Crippen LogP contribution >= 0.6 is 0 Å². The molecule has 7 heteroatoms. The van der Waals surface area contributed by atoms with E-state index in [0.717, 1.165) is 42.9 Å². The summed E-state index contributed by atoms with van der Waals surface area (Å²) in [6.07, 6.45) is 2.76. The Bertz CT molecular complexity index is 1190. The molecule has 1 unspecified atom stereocenters. The third-order valence-corrected chi connectivity index (χ3v) is 5.92. The summed E-state index contributed by atoms with van der Waals surface area (Å²) >= 11 is 0. The summed E-state index contributed by atoms with van der Waals surface area (Å²) in [5.74, 6) is 6.03. The van der Waals surface area contributed by atoms with Crippen molar-refractivity contribution in [1.29, 1.82) is 0 Å². The van der Waals surface area contributed by atoms with Crippen molar-refractivity contribution in [1.82, 2.24) is 15.3 Å². The molecule has 0 spiro atoms. The number of nitrogens with one attached hydrogen (secondary N) is 2. The zero-order valence-electron chi connectivity index (χ0n) is 19.2. The Hall–Kier alpha value is -3.44. The SMILES string of the molecule is COCC(Cc1nc[nH]c(=O)c1O)c1ccc(C#Cc2ccc(CN[C@H]3CCOC3)cc2)cc1. The lowest BCUT2D eigenvalue weighted by molar-refractivity contribution is 0.178. The molecule has 1 aliphatic heterocycles. The van der Waals surface area contributed by atoms with Gasteiger partial charge in [-0.3, -0.25) is 4.79 Å². The van der Waals surface area contributed by atoms with Crippen LogP contribution in [0.2, 0.25) is 0 Å². The van der Waals surface area contributed by atoms with Gasteiger partial charge in [-0.25, -0.2) is 4.98 Å². The molecule has 2 atom stereocenters. The Morgan fingerprint density at radius 2 is 1.88 bits per heavy atom. The lowest BCUT2D eigenvalue weighted by Gasteiger charge is -2.16. The van der Waals surface area contributed by atoms with Crippen LogP contribution in [0.3, 0.4) is 0 Å². The van der Waals surface area contributed by atoms with Crippen molar-refractivity contribution in [2.45, 2.75) is 31.3 Å². The maximum atomic E-state index is 11.7. The second kappa shape index (κ2) is 11.6. The number of nitrogens with zero attached hydrogens (tertiary/aromatic N) is 1. The highest BCUT2D eigenvalue weighted by atomic mass is 16.5. The molecule has 176 valence electrons. The molecule has 2 aromatic carbocycles. The van der Waals surface area contributed by atoms with Crippen LogP contribution in [0.1, 0.15) is 40.3 Å². The summed E-state index contributed by atoms with van der Waals surface area (Å²) < 4.78 is 10.8. The zero-order chi connectivity index (χ0) is 23.8. The average molecular weight is 460 g/mol. The van der Waals surface area contributed by atoms with Crippen molar-refractivity contribution < 1.29 is 14.6 Å². The molecule has 4 rings (SSSR count). The number of hydrogen-bond donors (Lipinski definition) is 3. The van der Waals surface area contributed by atoms with Gasteiger partial charge in [0.15, 0.2) is 0 Å². The minimum atomic E-state index is -0.542. The predicted octanol–water partition coefficient (Wildman–Crippen LogP) is 2.73. The van der Waals surface area contributed by atoms with E-state index in [1.807, 2.05) is 36.4 Å². The van der Waals surface area contributed by atoms with Gasteiger partial charge >= 0.3 is 0 Å². The molecular formula is C27H29N3O4. The summed E-state index contributed by atoms with van der Waals surface area (Å²) in [6, 6.07) is 16.7. The van der Waals surface area contributed by atoms with E-state index in [4.69, 9.17) is 9.47 Å². The molecule has 7 nitrogen and oxygen atoms in total. The molecule has 0 saturated carbocycles. The van der Waals surface area contributed by atoms with E-state index in [9.17, 15) is 9.90 Å². The van der Waals surface area contributed by atoms with Gasteiger partial charge in [0.1, 0.15) is 0 Å².